The van der Waals surface area contributed by atoms with Gasteiger partial charge in [-0.05, 0) is 38.8 Å². The number of sulfonamides is 1. The van der Waals surface area contributed by atoms with Gasteiger partial charge >= 0.3 is 5.97 Å². The van der Waals surface area contributed by atoms with Crippen LogP contribution in [0, 0.1) is 11.6 Å². The Labute approximate surface area is 145 Å². The van der Waals surface area contributed by atoms with E-state index in [9.17, 15) is 22.0 Å². The Kier molecular flexibility index (Phi) is 5.80. The van der Waals surface area contributed by atoms with E-state index in [1.165, 1.54) is 13.8 Å². The second-order valence-corrected chi connectivity index (χ2v) is 8.56. The molecule has 1 aromatic rings. The second kappa shape index (κ2) is 7.35. The molecule has 9 heteroatoms. The number of aliphatic carboxylic acids is 1. The number of carbonyl (C=O) groups is 1. The molecule has 1 heterocycles. The van der Waals surface area contributed by atoms with Crippen LogP contribution in [0.1, 0.15) is 37.8 Å². The van der Waals surface area contributed by atoms with Gasteiger partial charge in [0, 0.05) is 24.2 Å². The molecule has 1 saturated heterocycles. The predicted molar refractivity (Wildman–Crippen MR) is 86.4 cm³/mol. The van der Waals surface area contributed by atoms with Crippen molar-refractivity contribution in [3.63, 3.8) is 0 Å². The Hall–Kier alpha value is -1.58. The molecule has 0 atom stereocenters. The zero-order valence-corrected chi connectivity index (χ0v) is 14.9. The lowest BCUT2D eigenvalue weighted by molar-refractivity contribution is -0.148. The van der Waals surface area contributed by atoms with Gasteiger partial charge in [0.15, 0.2) is 0 Å². The highest BCUT2D eigenvalue weighted by Gasteiger charge is 2.30. The smallest absolute Gasteiger partial charge is 0.329 e. The van der Waals surface area contributed by atoms with Gasteiger partial charge in [0.05, 0.1) is 11.4 Å². The maximum absolute atomic E-state index is 14.4. The van der Waals surface area contributed by atoms with E-state index in [0.717, 1.165) is 16.4 Å². The summed E-state index contributed by atoms with van der Waals surface area (Å²) in [6, 6.07) is 1.88. The lowest BCUT2D eigenvalue weighted by Crippen LogP contribution is -2.37. The van der Waals surface area contributed by atoms with Crippen molar-refractivity contribution in [1.29, 1.82) is 0 Å². The molecule has 6 nitrogen and oxygen atoms in total. The predicted octanol–water partition coefficient (Wildman–Crippen LogP) is 2.23. The Morgan fingerprint density at radius 1 is 1.28 bits per heavy atom. The van der Waals surface area contributed by atoms with Crippen LogP contribution in [0.25, 0.3) is 0 Å². The first kappa shape index (κ1) is 19.7. The van der Waals surface area contributed by atoms with Crippen LogP contribution in [0.3, 0.4) is 0 Å². The van der Waals surface area contributed by atoms with Crippen LogP contribution < -0.4 is 0 Å². The van der Waals surface area contributed by atoms with Gasteiger partial charge in [-0.3, -0.25) is 0 Å². The Bertz CT molecular complexity index is 764. The highest BCUT2D eigenvalue weighted by Crippen LogP contribution is 2.30. The highest BCUT2D eigenvalue weighted by atomic mass is 32.2. The van der Waals surface area contributed by atoms with E-state index in [4.69, 9.17) is 9.84 Å². The van der Waals surface area contributed by atoms with Crippen molar-refractivity contribution in [2.45, 2.75) is 38.8 Å². The summed E-state index contributed by atoms with van der Waals surface area (Å²) in [6.07, 6.45) is 1.24. The maximum atomic E-state index is 14.4. The molecule has 25 heavy (non-hydrogen) atoms. The van der Waals surface area contributed by atoms with Crippen LogP contribution in [-0.4, -0.2) is 42.7 Å². The molecule has 140 valence electrons. The molecule has 1 fully saturated rings. The van der Waals surface area contributed by atoms with E-state index in [2.05, 4.69) is 0 Å². The number of hydrogen-bond acceptors (Lipinski definition) is 4. The summed E-state index contributed by atoms with van der Waals surface area (Å²) in [5, 5.41) is 8.67. The van der Waals surface area contributed by atoms with Gasteiger partial charge in [0.1, 0.15) is 18.2 Å². The van der Waals surface area contributed by atoms with Crippen LogP contribution in [0.4, 0.5) is 8.78 Å². The molecule has 0 aliphatic carbocycles. The van der Waals surface area contributed by atoms with Gasteiger partial charge in [-0.2, -0.15) is 4.31 Å². The van der Waals surface area contributed by atoms with Crippen molar-refractivity contribution >= 4 is 16.0 Å². The second-order valence-electron chi connectivity index (χ2n) is 6.47. The topological polar surface area (TPSA) is 83.9 Å². The molecule has 1 aromatic carbocycles. The molecular formula is C16H21F2NO5S. The lowest BCUT2D eigenvalue weighted by Gasteiger charge is -2.28. The summed E-state index contributed by atoms with van der Waals surface area (Å²) in [5.74, 6) is -2.75. The number of nitrogens with zero attached hydrogens (tertiary/aromatic N) is 1. The molecule has 0 amide bonds. The molecule has 0 spiro atoms. The number of hydrogen-bond donors (Lipinski definition) is 1. The fourth-order valence-corrected chi connectivity index (χ4v) is 4.27. The molecule has 0 saturated carbocycles. The summed E-state index contributed by atoms with van der Waals surface area (Å²) >= 11 is 0. The van der Waals surface area contributed by atoms with Crippen molar-refractivity contribution < 1.29 is 31.8 Å². The van der Waals surface area contributed by atoms with E-state index in [1.807, 2.05) is 0 Å². The molecule has 1 aliphatic rings. The van der Waals surface area contributed by atoms with Gasteiger partial charge in [0.25, 0.3) is 0 Å². The SMILES string of the molecule is CC(C)(OCC(=O)O)c1cc(F)c(CN2CCCCS2(=O)=O)cc1F. The quantitative estimate of drug-likeness (QED) is 0.822. The van der Waals surface area contributed by atoms with Crippen molar-refractivity contribution in [1.82, 2.24) is 4.31 Å². The van der Waals surface area contributed by atoms with Crippen LogP contribution in [0.5, 0.6) is 0 Å². The Morgan fingerprint density at radius 2 is 1.96 bits per heavy atom. The Balaban J connectivity index is 2.26. The average molecular weight is 377 g/mol. The number of halogens is 2. The van der Waals surface area contributed by atoms with Gasteiger partial charge in [-0.15, -0.1) is 0 Å². The van der Waals surface area contributed by atoms with Gasteiger partial charge in [-0.1, -0.05) is 0 Å². The summed E-state index contributed by atoms with van der Waals surface area (Å²) in [4.78, 5) is 10.6. The maximum Gasteiger partial charge on any atom is 0.329 e. The molecule has 0 aromatic heterocycles. The normalized spacial score (nSPS) is 18.2. The fraction of sp³-hybridized carbons (Fsp3) is 0.562. The van der Waals surface area contributed by atoms with Gasteiger partial charge in [-0.25, -0.2) is 22.0 Å². The average Bonchev–Trinajstić information content (AvgIpc) is 2.50. The number of carboxylic acid groups (broad SMARTS) is 1. The van der Waals surface area contributed by atoms with Crippen molar-refractivity contribution in [3.8, 4) is 0 Å². The zero-order chi connectivity index (χ0) is 18.8. The Morgan fingerprint density at radius 3 is 2.56 bits per heavy atom. The minimum absolute atomic E-state index is 0.00520. The third-order valence-corrected chi connectivity index (χ3v) is 6.04. The minimum atomic E-state index is -3.45. The van der Waals surface area contributed by atoms with Gasteiger partial charge < -0.3 is 9.84 Å². The fourth-order valence-electron chi connectivity index (χ4n) is 2.70. The van der Waals surface area contributed by atoms with Crippen LogP contribution >= 0.6 is 0 Å². The third kappa shape index (κ3) is 4.74. The standard InChI is InChI=1S/C16H21F2NO5S/c1-16(2,24-10-15(20)21)12-8-13(17)11(7-14(12)18)9-19-5-3-4-6-25(19,22)23/h7-8H,3-6,9-10H2,1-2H3,(H,20,21). The van der Waals surface area contributed by atoms with Crippen LogP contribution in [-0.2, 0) is 31.7 Å². The molecule has 1 aliphatic heterocycles. The third-order valence-electron chi connectivity index (χ3n) is 4.14. The van der Waals surface area contributed by atoms with E-state index in [1.54, 1.807) is 0 Å². The summed E-state index contributed by atoms with van der Waals surface area (Å²) in [7, 11) is -3.45. The first-order valence-corrected chi connectivity index (χ1v) is 9.46. The largest absolute Gasteiger partial charge is 0.480 e. The monoisotopic (exact) mass is 377 g/mol. The summed E-state index contributed by atoms with van der Waals surface area (Å²) in [5.41, 5.74) is -1.55. The lowest BCUT2D eigenvalue weighted by atomic mass is 9.95. The van der Waals surface area contributed by atoms with E-state index >= 15 is 0 Å². The number of rotatable bonds is 6. The molecular weight excluding hydrogens is 356 g/mol. The first-order valence-electron chi connectivity index (χ1n) is 7.85. The van der Waals surface area contributed by atoms with Crippen molar-refractivity contribution in [2.75, 3.05) is 18.9 Å². The molecule has 0 unspecified atom stereocenters. The van der Waals surface area contributed by atoms with E-state index < -0.39 is 39.8 Å². The van der Waals surface area contributed by atoms with Gasteiger partial charge in [0.2, 0.25) is 10.0 Å². The molecule has 0 radical (unpaired) electrons. The summed E-state index contributed by atoms with van der Waals surface area (Å²) < 4.78 is 59.1. The van der Waals surface area contributed by atoms with Crippen molar-refractivity contribution in [2.24, 2.45) is 0 Å². The number of benzene rings is 1. The van der Waals surface area contributed by atoms with E-state index in [0.29, 0.717) is 12.8 Å². The number of carboxylic acids is 1. The summed E-state index contributed by atoms with van der Waals surface area (Å²) in [6.45, 7) is 2.26. The van der Waals surface area contributed by atoms with Crippen molar-refractivity contribution in [3.05, 3.63) is 34.9 Å². The molecule has 2 rings (SSSR count). The first-order chi connectivity index (χ1) is 11.5. The molecule has 1 N–H and O–H groups in total. The molecule has 0 bridgehead atoms. The number of ether oxygens (including phenoxy) is 1. The highest BCUT2D eigenvalue weighted by molar-refractivity contribution is 7.89. The van der Waals surface area contributed by atoms with Crippen LogP contribution in [0.2, 0.25) is 0 Å². The van der Waals surface area contributed by atoms with Crippen LogP contribution in [0.15, 0.2) is 12.1 Å². The minimum Gasteiger partial charge on any atom is -0.480 e. The van der Waals surface area contributed by atoms with E-state index in [-0.39, 0.29) is 30.0 Å². The zero-order valence-electron chi connectivity index (χ0n) is 14.1.